The summed E-state index contributed by atoms with van der Waals surface area (Å²) in [4.78, 5) is 11.0. The molecule has 5 nitrogen and oxygen atoms in total. The Kier molecular flexibility index (Phi) is 3.08. The molecule has 1 aliphatic rings. The largest absolute Gasteiger partial charge is 0.364 e. The van der Waals surface area contributed by atoms with Gasteiger partial charge in [0, 0.05) is 0 Å². The van der Waals surface area contributed by atoms with E-state index in [1.807, 2.05) is 6.92 Å². The SMILES string of the molecule is CC(C1CCC1)n1nnc(C(N)=O)c1C(F)F. The van der Waals surface area contributed by atoms with Gasteiger partial charge < -0.3 is 5.73 Å². The number of alkyl halides is 2. The molecular formula is C10H14F2N4O. The molecule has 1 aliphatic carbocycles. The molecule has 7 heteroatoms. The molecule has 0 saturated heterocycles. The standard InChI is InChI=1S/C10H14F2N4O/c1-5(6-3-2-4-6)16-8(9(11)12)7(10(13)17)14-15-16/h5-6,9H,2-4H2,1H3,(H2,13,17). The van der Waals surface area contributed by atoms with Crippen LogP contribution < -0.4 is 5.73 Å². The van der Waals surface area contributed by atoms with Gasteiger partial charge in [-0.1, -0.05) is 11.6 Å². The molecule has 1 amide bonds. The van der Waals surface area contributed by atoms with Gasteiger partial charge in [-0.05, 0) is 25.7 Å². The quantitative estimate of drug-likeness (QED) is 0.875. The van der Waals surface area contributed by atoms with Gasteiger partial charge >= 0.3 is 0 Å². The molecule has 0 spiro atoms. The number of aromatic nitrogens is 3. The van der Waals surface area contributed by atoms with Crippen molar-refractivity contribution in [1.82, 2.24) is 15.0 Å². The summed E-state index contributed by atoms with van der Waals surface area (Å²) < 4.78 is 27.0. The molecule has 2 N–H and O–H groups in total. The first-order chi connectivity index (χ1) is 8.02. The fraction of sp³-hybridized carbons (Fsp3) is 0.700. The van der Waals surface area contributed by atoms with Crippen LogP contribution in [0.2, 0.25) is 0 Å². The number of nitrogens with two attached hydrogens (primary N) is 1. The molecule has 1 aromatic rings. The molecule has 1 atom stereocenters. The van der Waals surface area contributed by atoms with E-state index >= 15 is 0 Å². The normalized spacial score (nSPS) is 18.1. The van der Waals surface area contributed by atoms with Gasteiger partial charge in [0.25, 0.3) is 12.3 Å². The van der Waals surface area contributed by atoms with E-state index in [-0.39, 0.29) is 6.04 Å². The first-order valence-electron chi connectivity index (χ1n) is 5.55. The van der Waals surface area contributed by atoms with Gasteiger partial charge in [0.1, 0.15) is 5.69 Å². The van der Waals surface area contributed by atoms with Gasteiger partial charge in [-0.15, -0.1) is 5.10 Å². The Morgan fingerprint density at radius 2 is 2.18 bits per heavy atom. The Labute approximate surface area is 97.0 Å². The number of carbonyl (C=O) groups excluding carboxylic acids is 1. The number of hydrogen-bond acceptors (Lipinski definition) is 3. The minimum absolute atomic E-state index is 0.173. The highest BCUT2D eigenvalue weighted by Gasteiger charge is 2.32. The Morgan fingerprint density at radius 1 is 1.53 bits per heavy atom. The Bertz CT molecular complexity index is 428. The third-order valence-corrected chi connectivity index (χ3v) is 3.39. The lowest BCUT2D eigenvalue weighted by Gasteiger charge is -2.31. The molecule has 94 valence electrons. The van der Waals surface area contributed by atoms with Crippen LogP contribution >= 0.6 is 0 Å². The zero-order chi connectivity index (χ0) is 12.6. The molecule has 0 radical (unpaired) electrons. The Balaban J connectivity index is 2.35. The first kappa shape index (κ1) is 11.9. The first-order valence-corrected chi connectivity index (χ1v) is 5.55. The van der Waals surface area contributed by atoms with Crippen molar-refractivity contribution in [2.75, 3.05) is 0 Å². The molecule has 2 rings (SSSR count). The summed E-state index contributed by atoms with van der Waals surface area (Å²) >= 11 is 0. The smallest absolute Gasteiger partial charge is 0.282 e. The highest BCUT2D eigenvalue weighted by molar-refractivity contribution is 5.91. The maximum Gasteiger partial charge on any atom is 0.282 e. The number of hydrogen-bond donors (Lipinski definition) is 1. The van der Waals surface area contributed by atoms with E-state index in [1.165, 1.54) is 0 Å². The molecule has 0 bridgehead atoms. The predicted octanol–water partition coefficient (Wildman–Crippen LogP) is 1.68. The summed E-state index contributed by atoms with van der Waals surface area (Å²) in [5.74, 6) is -0.637. The Morgan fingerprint density at radius 3 is 2.59 bits per heavy atom. The number of carbonyl (C=O) groups is 1. The zero-order valence-corrected chi connectivity index (χ0v) is 9.44. The lowest BCUT2D eigenvalue weighted by Crippen LogP contribution is -2.25. The summed E-state index contributed by atoms with van der Waals surface area (Å²) in [5.41, 5.74) is 4.11. The average Bonchev–Trinajstić information content (AvgIpc) is 2.58. The summed E-state index contributed by atoms with van der Waals surface area (Å²) in [6.45, 7) is 1.81. The maximum absolute atomic E-state index is 12.9. The van der Waals surface area contributed by atoms with Crippen molar-refractivity contribution in [2.24, 2.45) is 11.7 Å². The molecule has 1 saturated carbocycles. The molecule has 1 fully saturated rings. The molecule has 17 heavy (non-hydrogen) atoms. The van der Waals surface area contributed by atoms with Crippen LogP contribution in [-0.2, 0) is 0 Å². The summed E-state index contributed by atoms with van der Waals surface area (Å²) in [5, 5.41) is 7.10. The van der Waals surface area contributed by atoms with Crippen molar-refractivity contribution >= 4 is 5.91 Å². The highest BCUT2D eigenvalue weighted by Crippen LogP contribution is 2.37. The van der Waals surface area contributed by atoms with Crippen molar-refractivity contribution in [1.29, 1.82) is 0 Å². The van der Waals surface area contributed by atoms with Gasteiger partial charge in [-0.2, -0.15) is 0 Å². The van der Waals surface area contributed by atoms with E-state index < -0.39 is 23.7 Å². The van der Waals surface area contributed by atoms with E-state index in [2.05, 4.69) is 10.3 Å². The van der Waals surface area contributed by atoms with Crippen LogP contribution in [0.4, 0.5) is 8.78 Å². The Hall–Kier alpha value is -1.53. The minimum Gasteiger partial charge on any atom is -0.364 e. The lowest BCUT2D eigenvalue weighted by atomic mass is 9.80. The highest BCUT2D eigenvalue weighted by atomic mass is 19.3. The number of nitrogens with zero attached hydrogens (tertiary/aromatic N) is 3. The summed E-state index contributed by atoms with van der Waals surface area (Å²) in [7, 11) is 0. The van der Waals surface area contributed by atoms with E-state index in [4.69, 9.17) is 5.73 Å². The van der Waals surface area contributed by atoms with E-state index in [9.17, 15) is 13.6 Å². The maximum atomic E-state index is 12.9. The number of amides is 1. The number of primary amides is 1. The molecular weight excluding hydrogens is 230 g/mol. The average molecular weight is 244 g/mol. The van der Waals surface area contributed by atoms with Crippen LogP contribution in [0.3, 0.4) is 0 Å². The molecule has 0 aromatic carbocycles. The second-order valence-corrected chi connectivity index (χ2v) is 4.36. The predicted molar refractivity (Wildman–Crippen MR) is 55.5 cm³/mol. The second-order valence-electron chi connectivity index (χ2n) is 4.36. The van der Waals surface area contributed by atoms with E-state index in [1.54, 1.807) is 0 Å². The third-order valence-electron chi connectivity index (χ3n) is 3.39. The van der Waals surface area contributed by atoms with Crippen molar-refractivity contribution < 1.29 is 13.6 Å². The third kappa shape index (κ3) is 2.01. The number of rotatable bonds is 4. The topological polar surface area (TPSA) is 73.8 Å². The molecule has 1 aromatic heterocycles. The van der Waals surface area contributed by atoms with Gasteiger partial charge in [-0.25, -0.2) is 13.5 Å². The van der Waals surface area contributed by atoms with Crippen LogP contribution in [-0.4, -0.2) is 20.9 Å². The van der Waals surface area contributed by atoms with Gasteiger partial charge in [-0.3, -0.25) is 4.79 Å². The molecule has 1 unspecified atom stereocenters. The van der Waals surface area contributed by atoms with Crippen molar-refractivity contribution in [3.63, 3.8) is 0 Å². The van der Waals surface area contributed by atoms with Crippen LogP contribution in [0, 0.1) is 5.92 Å². The van der Waals surface area contributed by atoms with E-state index in [0.717, 1.165) is 23.9 Å². The van der Waals surface area contributed by atoms with Crippen LogP contribution in [0.25, 0.3) is 0 Å². The monoisotopic (exact) mass is 244 g/mol. The van der Waals surface area contributed by atoms with Crippen molar-refractivity contribution in [3.8, 4) is 0 Å². The summed E-state index contributed by atoms with van der Waals surface area (Å²) in [6, 6.07) is -0.173. The van der Waals surface area contributed by atoms with Gasteiger partial charge in [0.15, 0.2) is 5.69 Å². The number of halogens is 2. The minimum atomic E-state index is -2.80. The fourth-order valence-corrected chi connectivity index (χ4v) is 2.10. The van der Waals surface area contributed by atoms with Crippen molar-refractivity contribution in [2.45, 2.75) is 38.7 Å². The van der Waals surface area contributed by atoms with Crippen LogP contribution in [0.15, 0.2) is 0 Å². The second kappa shape index (κ2) is 4.38. The fourth-order valence-electron chi connectivity index (χ4n) is 2.10. The molecule has 0 aliphatic heterocycles. The van der Waals surface area contributed by atoms with Crippen molar-refractivity contribution in [3.05, 3.63) is 11.4 Å². The lowest BCUT2D eigenvalue weighted by molar-refractivity contribution is 0.0970. The van der Waals surface area contributed by atoms with Crippen LogP contribution in [0.1, 0.15) is 54.8 Å². The van der Waals surface area contributed by atoms with Crippen LogP contribution in [0.5, 0.6) is 0 Å². The zero-order valence-electron chi connectivity index (χ0n) is 9.44. The van der Waals surface area contributed by atoms with Gasteiger partial charge in [0.2, 0.25) is 0 Å². The van der Waals surface area contributed by atoms with E-state index in [0.29, 0.717) is 5.92 Å². The molecule has 1 heterocycles. The van der Waals surface area contributed by atoms with Gasteiger partial charge in [0.05, 0.1) is 6.04 Å². The summed E-state index contributed by atoms with van der Waals surface area (Å²) in [6.07, 6.45) is 0.303.